The fourth-order valence-electron chi connectivity index (χ4n) is 4.04. The number of amides is 1. The van der Waals surface area contributed by atoms with Gasteiger partial charge in [-0.1, -0.05) is 23.4 Å². The van der Waals surface area contributed by atoms with Gasteiger partial charge in [0.1, 0.15) is 23.5 Å². The zero-order valence-corrected chi connectivity index (χ0v) is 22.7. The summed E-state index contributed by atoms with van der Waals surface area (Å²) < 4.78 is 27.2. The van der Waals surface area contributed by atoms with Crippen LogP contribution in [0.1, 0.15) is 5.56 Å². The molecule has 0 aliphatic rings. The summed E-state index contributed by atoms with van der Waals surface area (Å²) in [5.41, 5.74) is 10.0. The summed E-state index contributed by atoms with van der Waals surface area (Å²) in [5.74, 6) is 1.63. The van der Waals surface area contributed by atoms with Crippen LogP contribution >= 0.6 is 12.4 Å². The van der Waals surface area contributed by atoms with Crippen molar-refractivity contribution < 1.29 is 33.4 Å². The highest BCUT2D eigenvalue weighted by molar-refractivity contribution is 5.97. The summed E-state index contributed by atoms with van der Waals surface area (Å²) in [6.07, 6.45) is 1.81. The van der Waals surface area contributed by atoms with Gasteiger partial charge in [0.2, 0.25) is 11.7 Å². The topological polar surface area (TPSA) is 138 Å². The minimum Gasteiger partial charge on any atom is -0.508 e. The molecule has 1 aromatic heterocycles. The van der Waals surface area contributed by atoms with E-state index in [4.69, 9.17) is 29.2 Å². The lowest BCUT2D eigenvalue weighted by Gasteiger charge is -2.16. The lowest BCUT2D eigenvalue weighted by molar-refractivity contribution is -0.117. The van der Waals surface area contributed by atoms with Gasteiger partial charge in [-0.05, 0) is 53.9 Å². The maximum atomic E-state index is 12.9. The SMILES string of the molecule is COc1ccc(-c2conc2-c2cc(OC)c(OC)c(OC)c2)cc1NC(=O)C(N)Cc1ccc(O)cc1.Cl. The predicted octanol–water partition coefficient (Wildman–Crippen LogP) is 4.68. The average Bonchev–Trinajstić information content (AvgIpc) is 3.43. The third-order valence-corrected chi connectivity index (χ3v) is 6.00. The van der Waals surface area contributed by atoms with Gasteiger partial charge >= 0.3 is 0 Å². The second-order valence-corrected chi connectivity index (χ2v) is 8.37. The zero-order chi connectivity index (χ0) is 27.2. The van der Waals surface area contributed by atoms with Crippen molar-refractivity contribution in [3.63, 3.8) is 0 Å². The third-order valence-electron chi connectivity index (χ3n) is 6.00. The van der Waals surface area contributed by atoms with Gasteiger partial charge in [-0.3, -0.25) is 4.79 Å². The van der Waals surface area contributed by atoms with E-state index in [-0.39, 0.29) is 24.1 Å². The van der Waals surface area contributed by atoms with Gasteiger partial charge in [-0.25, -0.2) is 0 Å². The maximum Gasteiger partial charge on any atom is 0.241 e. The van der Waals surface area contributed by atoms with Crippen LogP contribution in [0.4, 0.5) is 5.69 Å². The molecule has 0 fully saturated rings. The van der Waals surface area contributed by atoms with Crippen molar-refractivity contribution in [1.82, 2.24) is 5.16 Å². The normalized spacial score (nSPS) is 11.2. The Bertz CT molecular complexity index is 1400. The van der Waals surface area contributed by atoms with Crippen LogP contribution in [0.25, 0.3) is 22.4 Å². The number of anilines is 1. The van der Waals surface area contributed by atoms with Crippen LogP contribution in [-0.2, 0) is 11.2 Å². The van der Waals surface area contributed by atoms with Crippen LogP contribution in [0.15, 0.2) is 65.4 Å². The van der Waals surface area contributed by atoms with E-state index in [1.165, 1.54) is 34.7 Å². The molecule has 39 heavy (non-hydrogen) atoms. The third kappa shape index (κ3) is 6.36. The molecule has 0 aliphatic heterocycles. The van der Waals surface area contributed by atoms with Crippen LogP contribution in [0, 0.1) is 0 Å². The molecule has 10 nitrogen and oxygen atoms in total. The summed E-state index contributed by atoms with van der Waals surface area (Å²) in [4.78, 5) is 12.9. The van der Waals surface area contributed by atoms with E-state index in [9.17, 15) is 9.90 Å². The van der Waals surface area contributed by atoms with Gasteiger partial charge < -0.3 is 39.6 Å². The Hall–Kier alpha value is -4.41. The second-order valence-electron chi connectivity index (χ2n) is 8.37. The Labute approximate surface area is 232 Å². The first kappa shape index (κ1) is 29.2. The van der Waals surface area contributed by atoms with E-state index in [1.807, 2.05) is 6.07 Å². The number of nitrogens with two attached hydrogens (primary N) is 1. The number of phenolic OH excluding ortho intramolecular Hbond substituents is 1. The number of aromatic hydroxyl groups is 1. The van der Waals surface area contributed by atoms with Gasteiger partial charge in [-0.2, -0.15) is 0 Å². The van der Waals surface area contributed by atoms with Gasteiger partial charge in [-0.15, -0.1) is 12.4 Å². The van der Waals surface area contributed by atoms with Crippen LogP contribution in [-0.4, -0.2) is 50.7 Å². The van der Waals surface area contributed by atoms with Gasteiger partial charge in [0.15, 0.2) is 11.5 Å². The number of hydrogen-bond donors (Lipinski definition) is 3. The summed E-state index contributed by atoms with van der Waals surface area (Å²) >= 11 is 0. The number of aromatic nitrogens is 1. The number of rotatable bonds is 10. The molecule has 0 aliphatic carbocycles. The number of nitrogens with one attached hydrogen (secondary N) is 1. The molecule has 1 heterocycles. The van der Waals surface area contributed by atoms with E-state index in [0.717, 1.165) is 11.1 Å². The van der Waals surface area contributed by atoms with E-state index < -0.39 is 6.04 Å². The van der Waals surface area contributed by atoms with Gasteiger partial charge in [0.05, 0.1) is 40.2 Å². The fraction of sp³-hybridized carbons (Fsp3) is 0.214. The van der Waals surface area contributed by atoms with Gasteiger partial charge in [0.25, 0.3) is 0 Å². The van der Waals surface area contributed by atoms with Crippen LogP contribution < -0.4 is 30.0 Å². The Morgan fingerprint density at radius 1 is 0.923 bits per heavy atom. The van der Waals surface area contributed by atoms with Crippen molar-refractivity contribution in [2.24, 2.45) is 5.73 Å². The number of ether oxygens (including phenoxy) is 4. The molecule has 4 N–H and O–H groups in total. The minimum atomic E-state index is -0.821. The van der Waals surface area contributed by atoms with Crippen molar-refractivity contribution in [3.05, 3.63) is 66.4 Å². The molecular weight excluding hydrogens is 526 g/mol. The Morgan fingerprint density at radius 3 is 2.15 bits per heavy atom. The first-order chi connectivity index (χ1) is 18.4. The van der Waals surface area contributed by atoms with Crippen LogP contribution in [0.3, 0.4) is 0 Å². The molecular formula is C28H30ClN3O7. The number of benzene rings is 3. The van der Waals surface area contributed by atoms with E-state index in [0.29, 0.717) is 51.9 Å². The zero-order valence-electron chi connectivity index (χ0n) is 21.9. The number of phenols is 1. The first-order valence-electron chi connectivity index (χ1n) is 11.7. The molecule has 1 unspecified atom stereocenters. The number of methoxy groups -OCH3 is 4. The Kier molecular flexibility index (Phi) is 9.64. The molecule has 1 amide bonds. The van der Waals surface area contributed by atoms with Crippen molar-refractivity contribution in [1.29, 1.82) is 0 Å². The van der Waals surface area contributed by atoms with E-state index in [2.05, 4.69) is 10.5 Å². The number of carbonyl (C=O) groups is 1. The monoisotopic (exact) mass is 555 g/mol. The van der Waals surface area contributed by atoms with Crippen molar-refractivity contribution in [2.45, 2.75) is 12.5 Å². The molecule has 4 aromatic rings. The molecule has 0 bridgehead atoms. The molecule has 0 saturated heterocycles. The van der Waals surface area contributed by atoms with Crippen molar-refractivity contribution >= 4 is 24.0 Å². The predicted molar refractivity (Wildman–Crippen MR) is 149 cm³/mol. The highest BCUT2D eigenvalue weighted by atomic mass is 35.5. The molecule has 3 aromatic carbocycles. The highest BCUT2D eigenvalue weighted by Gasteiger charge is 2.21. The van der Waals surface area contributed by atoms with E-state index in [1.54, 1.807) is 48.5 Å². The Balaban J connectivity index is 0.00000420. The first-order valence-corrected chi connectivity index (χ1v) is 11.7. The second kappa shape index (κ2) is 12.9. The molecule has 4 rings (SSSR count). The quantitative estimate of drug-likeness (QED) is 0.254. The van der Waals surface area contributed by atoms with Crippen molar-refractivity contribution in [3.8, 4) is 51.1 Å². The summed E-state index contributed by atoms with van der Waals surface area (Å²) in [5, 5.41) is 16.5. The standard InChI is InChI=1S/C28H29N3O7.ClH/c1-34-23-10-7-17(12-22(23)30-28(33)21(29)11-16-5-8-19(32)9-6-16)20-15-38-31-26(20)18-13-24(35-2)27(37-4)25(14-18)36-3;/h5-10,12-15,21,32H,11,29H2,1-4H3,(H,30,33);1H. The molecule has 0 radical (unpaired) electrons. The molecule has 11 heteroatoms. The van der Waals surface area contributed by atoms with Gasteiger partial charge in [0, 0.05) is 11.1 Å². The number of hydrogen-bond acceptors (Lipinski definition) is 9. The number of carbonyl (C=O) groups excluding carboxylic acids is 1. The fourth-order valence-corrected chi connectivity index (χ4v) is 4.04. The smallest absolute Gasteiger partial charge is 0.241 e. The molecule has 206 valence electrons. The molecule has 0 spiro atoms. The summed E-state index contributed by atoms with van der Waals surface area (Å²) in [6.45, 7) is 0. The maximum absolute atomic E-state index is 12.9. The molecule has 1 atom stereocenters. The average molecular weight is 556 g/mol. The number of halogens is 1. The lowest BCUT2D eigenvalue weighted by Crippen LogP contribution is -2.37. The lowest BCUT2D eigenvalue weighted by atomic mass is 10.00. The highest BCUT2D eigenvalue weighted by Crippen LogP contribution is 2.43. The summed E-state index contributed by atoms with van der Waals surface area (Å²) in [6, 6.07) is 14.6. The van der Waals surface area contributed by atoms with Crippen LogP contribution in [0.2, 0.25) is 0 Å². The molecule has 0 saturated carbocycles. The largest absolute Gasteiger partial charge is 0.508 e. The number of nitrogens with zero attached hydrogens (tertiary/aromatic N) is 1. The van der Waals surface area contributed by atoms with Crippen LogP contribution in [0.5, 0.6) is 28.7 Å². The van der Waals surface area contributed by atoms with E-state index >= 15 is 0 Å². The van der Waals surface area contributed by atoms with Crippen molar-refractivity contribution in [2.75, 3.05) is 33.8 Å². The Morgan fingerprint density at radius 2 is 1.56 bits per heavy atom. The summed E-state index contributed by atoms with van der Waals surface area (Å²) in [7, 11) is 6.12. The minimum absolute atomic E-state index is 0.